The minimum absolute atomic E-state index is 0.0918. The summed E-state index contributed by atoms with van der Waals surface area (Å²) in [6, 6.07) is 11.1. The predicted octanol–water partition coefficient (Wildman–Crippen LogP) is 5.70. The van der Waals surface area contributed by atoms with Crippen molar-refractivity contribution in [3.05, 3.63) is 35.9 Å². The van der Waals surface area contributed by atoms with Gasteiger partial charge in [0, 0.05) is 38.9 Å². The lowest BCUT2D eigenvalue weighted by molar-refractivity contribution is 0.136. The molecule has 2 aliphatic rings. The van der Waals surface area contributed by atoms with Crippen LogP contribution in [-0.2, 0) is 4.74 Å². The van der Waals surface area contributed by atoms with Crippen molar-refractivity contribution in [1.82, 2.24) is 10.2 Å². The number of carbonyl (C=O) groups excluding carboxylic acids is 1. The van der Waals surface area contributed by atoms with E-state index in [1.165, 1.54) is 50.5 Å². The fourth-order valence-electron chi connectivity index (χ4n) is 5.92. The molecule has 1 aliphatic heterocycles. The van der Waals surface area contributed by atoms with Crippen molar-refractivity contribution in [3.63, 3.8) is 0 Å². The molecule has 5 heteroatoms. The van der Waals surface area contributed by atoms with Crippen LogP contribution in [0.15, 0.2) is 30.3 Å². The van der Waals surface area contributed by atoms with Gasteiger partial charge in [0.2, 0.25) is 0 Å². The van der Waals surface area contributed by atoms with Gasteiger partial charge in [-0.05, 0) is 62.3 Å². The number of nitrogens with two attached hydrogens (primary N) is 1. The zero-order chi connectivity index (χ0) is 23.3. The number of carbonyl (C=O) groups is 1. The molecule has 1 saturated carbocycles. The van der Waals surface area contributed by atoms with Gasteiger partial charge in [-0.1, -0.05) is 68.9 Å². The first-order valence-electron chi connectivity index (χ1n) is 13.6. The van der Waals surface area contributed by atoms with Crippen LogP contribution in [0.25, 0.3) is 0 Å². The quantitative estimate of drug-likeness (QED) is 0.396. The fraction of sp³-hybridized carbons (Fsp3) is 0.750. The second-order valence-electron chi connectivity index (χ2n) is 10.2. The Morgan fingerprint density at radius 2 is 1.91 bits per heavy atom. The van der Waals surface area contributed by atoms with E-state index in [1.54, 1.807) is 0 Å². The fourth-order valence-corrected chi connectivity index (χ4v) is 5.92. The Morgan fingerprint density at radius 1 is 1.12 bits per heavy atom. The Hall–Kier alpha value is -1.59. The van der Waals surface area contributed by atoms with Gasteiger partial charge in [-0.2, -0.15) is 0 Å². The van der Waals surface area contributed by atoms with E-state index >= 15 is 0 Å². The number of rotatable bonds is 12. The smallest absolute Gasteiger partial charge is 0.317 e. The van der Waals surface area contributed by atoms with Gasteiger partial charge in [0.25, 0.3) is 0 Å². The third kappa shape index (κ3) is 8.60. The van der Waals surface area contributed by atoms with Crippen LogP contribution in [0.2, 0.25) is 0 Å². The van der Waals surface area contributed by atoms with Gasteiger partial charge < -0.3 is 20.7 Å². The van der Waals surface area contributed by atoms with Crippen LogP contribution >= 0.6 is 0 Å². The Labute approximate surface area is 201 Å². The number of ether oxygens (including phenoxy) is 1. The predicted molar refractivity (Wildman–Crippen MR) is 136 cm³/mol. The van der Waals surface area contributed by atoms with Crippen LogP contribution in [0, 0.1) is 11.8 Å². The molecule has 1 aromatic carbocycles. The molecule has 2 fully saturated rings. The summed E-state index contributed by atoms with van der Waals surface area (Å²) in [6.07, 6.45) is 13.3. The van der Waals surface area contributed by atoms with Crippen molar-refractivity contribution >= 4 is 6.03 Å². The van der Waals surface area contributed by atoms with E-state index in [4.69, 9.17) is 10.5 Å². The molecule has 3 N–H and O–H groups in total. The average molecular weight is 458 g/mol. The number of likely N-dealkylation sites (tertiary alicyclic amines) is 1. The second kappa shape index (κ2) is 14.6. The Bertz CT molecular complexity index is 662. The molecule has 5 nitrogen and oxygen atoms in total. The SMILES string of the molecule is CCOCCCC[C@@H](c1ccccc1)[C@@H]1CCCN(C(=O)N[C@H](CN)CC2CCCCC2)C1. The zero-order valence-corrected chi connectivity index (χ0v) is 20.9. The zero-order valence-electron chi connectivity index (χ0n) is 20.9. The number of nitrogens with zero attached hydrogens (tertiary/aromatic N) is 1. The summed E-state index contributed by atoms with van der Waals surface area (Å²) < 4.78 is 5.55. The van der Waals surface area contributed by atoms with Crippen LogP contribution in [0.5, 0.6) is 0 Å². The maximum atomic E-state index is 13.2. The third-order valence-corrected chi connectivity index (χ3v) is 7.75. The van der Waals surface area contributed by atoms with Gasteiger partial charge in [0.1, 0.15) is 0 Å². The highest BCUT2D eigenvalue weighted by molar-refractivity contribution is 5.74. The van der Waals surface area contributed by atoms with E-state index in [2.05, 4.69) is 47.5 Å². The molecular formula is C28H47N3O2. The standard InChI is InChI=1S/C28H47N3O2/c1-2-33-19-10-9-17-27(24-14-7-4-8-15-24)25-16-11-18-31(22-25)28(32)30-26(21-29)20-23-12-5-3-6-13-23/h4,7-8,14-15,23,25-27H,2-3,5-6,9-13,16-22,29H2,1H3,(H,30,32)/t25-,26+,27+/m1/s1. The normalized spacial score (nSPS) is 21.5. The van der Waals surface area contributed by atoms with Crippen LogP contribution in [0.3, 0.4) is 0 Å². The number of hydrogen-bond acceptors (Lipinski definition) is 3. The van der Waals surface area contributed by atoms with Crippen molar-refractivity contribution in [2.45, 2.75) is 89.5 Å². The molecule has 3 rings (SSSR count). The van der Waals surface area contributed by atoms with Crippen molar-refractivity contribution in [2.75, 3.05) is 32.8 Å². The highest BCUT2D eigenvalue weighted by atomic mass is 16.5. The summed E-state index contributed by atoms with van der Waals surface area (Å²) in [7, 11) is 0. The van der Waals surface area contributed by atoms with E-state index in [-0.39, 0.29) is 12.1 Å². The Kier molecular flexibility index (Phi) is 11.5. The largest absolute Gasteiger partial charge is 0.382 e. The van der Waals surface area contributed by atoms with Crippen LogP contribution in [0.4, 0.5) is 4.79 Å². The van der Waals surface area contributed by atoms with Crippen molar-refractivity contribution in [2.24, 2.45) is 17.6 Å². The first-order chi connectivity index (χ1) is 16.2. The lowest BCUT2D eigenvalue weighted by Gasteiger charge is -2.38. The van der Waals surface area contributed by atoms with Crippen LogP contribution in [-0.4, -0.2) is 49.8 Å². The van der Waals surface area contributed by atoms with E-state index in [9.17, 15) is 4.79 Å². The highest BCUT2D eigenvalue weighted by Crippen LogP contribution is 2.36. The molecule has 0 bridgehead atoms. The van der Waals surface area contributed by atoms with Gasteiger partial charge >= 0.3 is 6.03 Å². The van der Waals surface area contributed by atoms with Gasteiger partial charge in [-0.15, -0.1) is 0 Å². The van der Waals surface area contributed by atoms with E-state index in [1.807, 2.05) is 0 Å². The molecule has 0 radical (unpaired) electrons. The first-order valence-corrected chi connectivity index (χ1v) is 13.6. The van der Waals surface area contributed by atoms with E-state index in [0.717, 1.165) is 57.9 Å². The maximum absolute atomic E-state index is 13.2. The summed E-state index contributed by atoms with van der Waals surface area (Å²) in [5.41, 5.74) is 7.48. The molecule has 1 aliphatic carbocycles. The van der Waals surface area contributed by atoms with Crippen molar-refractivity contribution < 1.29 is 9.53 Å². The molecule has 1 aromatic rings. The van der Waals surface area contributed by atoms with Gasteiger partial charge in [0.05, 0.1) is 0 Å². The van der Waals surface area contributed by atoms with Crippen molar-refractivity contribution in [3.8, 4) is 0 Å². The summed E-state index contributed by atoms with van der Waals surface area (Å²) in [6.45, 7) is 5.93. The van der Waals surface area contributed by atoms with Crippen LogP contribution in [0.1, 0.15) is 89.0 Å². The summed E-state index contributed by atoms with van der Waals surface area (Å²) in [5, 5.41) is 3.29. The minimum atomic E-state index is 0.0918. The van der Waals surface area contributed by atoms with Gasteiger partial charge in [0.15, 0.2) is 0 Å². The maximum Gasteiger partial charge on any atom is 0.317 e. The minimum Gasteiger partial charge on any atom is -0.382 e. The molecule has 186 valence electrons. The van der Waals surface area contributed by atoms with E-state index in [0.29, 0.717) is 18.4 Å². The molecular weight excluding hydrogens is 410 g/mol. The van der Waals surface area contributed by atoms with Crippen molar-refractivity contribution in [1.29, 1.82) is 0 Å². The lowest BCUT2D eigenvalue weighted by atomic mass is 9.78. The average Bonchev–Trinajstić information content (AvgIpc) is 2.87. The second-order valence-corrected chi connectivity index (χ2v) is 10.2. The molecule has 1 saturated heterocycles. The first kappa shape index (κ1) is 26.0. The molecule has 0 aromatic heterocycles. The molecule has 0 spiro atoms. The monoisotopic (exact) mass is 457 g/mol. The Balaban J connectivity index is 1.56. The molecule has 33 heavy (non-hydrogen) atoms. The lowest BCUT2D eigenvalue weighted by Crippen LogP contribution is -2.51. The van der Waals surface area contributed by atoms with Gasteiger partial charge in [-0.3, -0.25) is 0 Å². The highest BCUT2D eigenvalue weighted by Gasteiger charge is 2.31. The van der Waals surface area contributed by atoms with Crippen LogP contribution < -0.4 is 11.1 Å². The van der Waals surface area contributed by atoms with E-state index < -0.39 is 0 Å². The number of hydrogen-bond donors (Lipinski definition) is 2. The summed E-state index contributed by atoms with van der Waals surface area (Å²) >= 11 is 0. The topological polar surface area (TPSA) is 67.6 Å². The number of amides is 2. The molecule has 1 heterocycles. The number of piperidine rings is 1. The number of benzene rings is 1. The molecule has 3 atom stereocenters. The molecule has 2 amide bonds. The molecule has 0 unspecified atom stereocenters. The summed E-state index contributed by atoms with van der Waals surface area (Å²) in [4.78, 5) is 15.3. The number of unbranched alkanes of at least 4 members (excludes halogenated alkanes) is 1. The Morgan fingerprint density at radius 3 is 2.64 bits per heavy atom. The number of urea groups is 1. The van der Waals surface area contributed by atoms with Gasteiger partial charge in [-0.25, -0.2) is 4.79 Å². The number of nitrogens with one attached hydrogen (secondary N) is 1. The third-order valence-electron chi connectivity index (χ3n) is 7.75. The summed E-state index contributed by atoms with van der Waals surface area (Å²) in [5.74, 6) is 1.73.